The lowest BCUT2D eigenvalue weighted by molar-refractivity contribution is 0.0694. The minimum absolute atomic E-state index is 0.0319. The number of benzene rings is 1. The molecule has 0 atom stereocenters. The molecule has 110 valence electrons. The monoisotopic (exact) mass is 284 g/mol. The van der Waals surface area contributed by atoms with Gasteiger partial charge in [0.1, 0.15) is 5.82 Å². The van der Waals surface area contributed by atoms with Crippen molar-refractivity contribution in [3.8, 4) is 0 Å². The molecular formula is C17H20N2O2. The zero-order valence-corrected chi connectivity index (χ0v) is 12.8. The summed E-state index contributed by atoms with van der Waals surface area (Å²) in [5, 5.41) is 9.25. The first-order valence-electron chi connectivity index (χ1n) is 7.00. The second-order valence-corrected chi connectivity index (χ2v) is 5.94. The highest BCUT2D eigenvalue weighted by molar-refractivity contribution is 5.88. The first-order chi connectivity index (χ1) is 9.84. The van der Waals surface area contributed by atoms with Crippen LogP contribution < -0.4 is 0 Å². The first kappa shape index (κ1) is 15.2. The molecule has 0 aliphatic carbocycles. The van der Waals surface area contributed by atoms with Crippen molar-refractivity contribution in [1.29, 1.82) is 0 Å². The average Bonchev–Trinajstić information content (AvgIpc) is 2.47. The minimum Gasteiger partial charge on any atom is -0.478 e. The molecule has 1 heterocycles. The summed E-state index contributed by atoms with van der Waals surface area (Å²) in [6, 6.07) is 9.98. The van der Waals surface area contributed by atoms with Crippen LogP contribution in [0.4, 0.5) is 0 Å². The Hall–Kier alpha value is -2.23. The zero-order valence-electron chi connectivity index (χ0n) is 12.8. The van der Waals surface area contributed by atoms with Crippen molar-refractivity contribution < 1.29 is 9.90 Å². The van der Waals surface area contributed by atoms with Crippen LogP contribution in [0.5, 0.6) is 0 Å². The average molecular weight is 284 g/mol. The Labute approximate surface area is 124 Å². The molecule has 0 saturated heterocycles. The SMILES string of the molecule is CC(C)c1nc(C(C)(C)c2ccccc2)ncc1C(=O)O. The summed E-state index contributed by atoms with van der Waals surface area (Å²) in [6.07, 6.45) is 1.42. The van der Waals surface area contributed by atoms with Crippen LogP contribution >= 0.6 is 0 Å². The van der Waals surface area contributed by atoms with E-state index in [9.17, 15) is 9.90 Å². The van der Waals surface area contributed by atoms with Crippen LogP contribution in [0.3, 0.4) is 0 Å². The molecule has 1 aromatic carbocycles. The highest BCUT2D eigenvalue weighted by Gasteiger charge is 2.28. The zero-order chi connectivity index (χ0) is 15.6. The highest BCUT2D eigenvalue weighted by Crippen LogP contribution is 2.30. The molecule has 4 nitrogen and oxygen atoms in total. The van der Waals surface area contributed by atoms with Gasteiger partial charge in [-0.05, 0) is 25.3 Å². The van der Waals surface area contributed by atoms with Gasteiger partial charge in [-0.25, -0.2) is 14.8 Å². The number of hydrogen-bond donors (Lipinski definition) is 1. The molecule has 0 spiro atoms. The van der Waals surface area contributed by atoms with Crippen molar-refractivity contribution in [2.45, 2.75) is 39.0 Å². The van der Waals surface area contributed by atoms with Crippen molar-refractivity contribution in [3.05, 3.63) is 59.2 Å². The Morgan fingerprint density at radius 1 is 1.19 bits per heavy atom. The molecule has 0 fully saturated rings. The Bertz CT molecular complexity index is 649. The molecule has 0 amide bonds. The molecule has 1 aromatic heterocycles. The maximum Gasteiger partial charge on any atom is 0.339 e. The molecule has 0 aliphatic heterocycles. The minimum atomic E-state index is -0.984. The Morgan fingerprint density at radius 3 is 2.33 bits per heavy atom. The van der Waals surface area contributed by atoms with Crippen molar-refractivity contribution in [3.63, 3.8) is 0 Å². The summed E-state index contributed by atoms with van der Waals surface area (Å²) in [5.74, 6) is -0.311. The molecular weight excluding hydrogens is 264 g/mol. The summed E-state index contributed by atoms with van der Waals surface area (Å²) in [7, 11) is 0. The molecule has 0 unspecified atom stereocenters. The van der Waals surface area contributed by atoms with E-state index < -0.39 is 5.97 Å². The maximum atomic E-state index is 11.3. The van der Waals surface area contributed by atoms with Crippen molar-refractivity contribution >= 4 is 5.97 Å². The van der Waals surface area contributed by atoms with E-state index in [-0.39, 0.29) is 16.9 Å². The number of carboxylic acids is 1. The lowest BCUT2D eigenvalue weighted by Crippen LogP contribution is -2.24. The number of nitrogens with zero attached hydrogens (tertiary/aromatic N) is 2. The second-order valence-electron chi connectivity index (χ2n) is 5.94. The molecule has 2 rings (SSSR count). The molecule has 0 radical (unpaired) electrons. The molecule has 0 saturated carbocycles. The van der Waals surface area contributed by atoms with E-state index in [2.05, 4.69) is 9.97 Å². The molecule has 2 aromatic rings. The van der Waals surface area contributed by atoms with Gasteiger partial charge in [0.05, 0.1) is 11.3 Å². The number of rotatable bonds is 4. The van der Waals surface area contributed by atoms with Crippen LogP contribution in [0.1, 0.15) is 61.1 Å². The molecule has 1 N–H and O–H groups in total. The summed E-state index contributed by atoms with van der Waals surface area (Å²) in [4.78, 5) is 20.1. The van der Waals surface area contributed by atoms with Gasteiger partial charge in [-0.3, -0.25) is 0 Å². The quantitative estimate of drug-likeness (QED) is 0.931. The van der Waals surface area contributed by atoms with Crippen LogP contribution in [0, 0.1) is 0 Å². The van der Waals surface area contributed by atoms with E-state index in [1.807, 2.05) is 58.0 Å². The van der Waals surface area contributed by atoms with Crippen LogP contribution in [0.2, 0.25) is 0 Å². The molecule has 0 aliphatic rings. The van der Waals surface area contributed by atoms with Crippen LogP contribution in [-0.4, -0.2) is 21.0 Å². The second kappa shape index (κ2) is 5.64. The van der Waals surface area contributed by atoms with Gasteiger partial charge in [0.15, 0.2) is 0 Å². The van der Waals surface area contributed by atoms with E-state index in [1.54, 1.807) is 0 Å². The van der Waals surface area contributed by atoms with E-state index in [1.165, 1.54) is 6.20 Å². The lowest BCUT2D eigenvalue weighted by atomic mass is 9.83. The fourth-order valence-corrected chi connectivity index (χ4v) is 2.28. The van der Waals surface area contributed by atoms with Gasteiger partial charge in [0.25, 0.3) is 0 Å². The third-order valence-electron chi connectivity index (χ3n) is 3.65. The number of hydrogen-bond acceptors (Lipinski definition) is 3. The fraction of sp³-hybridized carbons (Fsp3) is 0.353. The molecule has 21 heavy (non-hydrogen) atoms. The Morgan fingerprint density at radius 2 is 1.81 bits per heavy atom. The Balaban J connectivity index is 2.55. The highest BCUT2D eigenvalue weighted by atomic mass is 16.4. The van der Waals surface area contributed by atoms with Crippen molar-refractivity contribution in [1.82, 2.24) is 9.97 Å². The maximum absolute atomic E-state index is 11.3. The van der Waals surface area contributed by atoms with Crippen LogP contribution in [-0.2, 0) is 5.41 Å². The van der Waals surface area contributed by atoms with Gasteiger partial charge in [0.2, 0.25) is 0 Å². The summed E-state index contributed by atoms with van der Waals surface area (Å²) >= 11 is 0. The first-order valence-corrected chi connectivity index (χ1v) is 7.00. The fourth-order valence-electron chi connectivity index (χ4n) is 2.28. The summed E-state index contributed by atoms with van der Waals surface area (Å²) in [6.45, 7) is 7.96. The van der Waals surface area contributed by atoms with Gasteiger partial charge in [-0.1, -0.05) is 44.2 Å². The standard InChI is InChI=1S/C17H20N2O2/c1-11(2)14-13(15(20)21)10-18-16(19-14)17(3,4)12-8-6-5-7-9-12/h5-11H,1-4H3,(H,20,21). The van der Waals surface area contributed by atoms with E-state index in [4.69, 9.17) is 0 Å². The molecule has 4 heteroatoms. The van der Waals surface area contributed by atoms with Crippen LogP contribution in [0.25, 0.3) is 0 Å². The number of carbonyl (C=O) groups is 1. The van der Waals surface area contributed by atoms with Crippen molar-refractivity contribution in [2.75, 3.05) is 0 Å². The van der Waals surface area contributed by atoms with Crippen LogP contribution in [0.15, 0.2) is 36.5 Å². The van der Waals surface area contributed by atoms with E-state index in [0.717, 1.165) is 5.56 Å². The third kappa shape index (κ3) is 2.94. The topological polar surface area (TPSA) is 63.1 Å². The number of carboxylic acid groups (broad SMARTS) is 1. The van der Waals surface area contributed by atoms with E-state index >= 15 is 0 Å². The predicted octanol–water partition coefficient (Wildman–Crippen LogP) is 3.62. The van der Waals surface area contributed by atoms with Gasteiger partial charge >= 0.3 is 5.97 Å². The molecule has 0 bridgehead atoms. The van der Waals surface area contributed by atoms with Gasteiger partial charge in [0, 0.05) is 11.6 Å². The third-order valence-corrected chi connectivity index (χ3v) is 3.65. The van der Waals surface area contributed by atoms with Gasteiger partial charge < -0.3 is 5.11 Å². The number of aromatic carboxylic acids is 1. The lowest BCUT2D eigenvalue weighted by Gasteiger charge is -2.24. The largest absolute Gasteiger partial charge is 0.478 e. The van der Waals surface area contributed by atoms with Gasteiger partial charge in [-0.15, -0.1) is 0 Å². The summed E-state index contributed by atoms with van der Waals surface area (Å²) in [5.41, 5.74) is 1.49. The number of aromatic nitrogens is 2. The summed E-state index contributed by atoms with van der Waals surface area (Å²) < 4.78 is 0. The van der Waals surface area contributed by atoms with Crippen molar-refractivity contribution in [2.24, 2.45) is 0 Å². The predicted molar refractivity (Wildman–Crippen MR) is 81.7 cm³/mol. The van der Waals surface area contributed by atoms with Gasteiger partial charge in [-0.2, -0.15) is 0 Å². The normalized spacial score (nSPS) is 11.7. The van der Waals surface area contributed by atoms with E-state index in [0.29, 0.717) is 11.5 Å². The smallest absolute Gasteiger partial charge is 0.339 e. The Kier molecular flexibility index (Phi) is 4.07.